The first-order valence-electron chi connectivity index (χ1n) is 5.58. The number of nitrogens with zero attached hydrogens (tertiary/aromatic N) is 1. The van der Waals surface area contributed by atoms with Gasteiger partial charge in [-0.25, -0.2) is 0 Å². The molecule has 0 aliphatic heterocycles. The van der Waals surface area contributed by atoms with Crippen molar-refractivity contribution < 1.29 is 0 Å². The number of aromatic nitrogens is 1. The lowest BCUT2D eigenvalue weighted by Gasteiger charge is -2.05. The number of hydrogen-bond donors (Lipinski definition) is 0. The fraction of sp³-hybridized carbons (Fsp3) is 0.133. The Labute approximate surface area is 96.5 Å². The SMILES string of the molecule is CCC=Cc1ccccc1-c1ccncc1. The maximum atomic E-state index is 4.04. The highest BCUT2D eigenvalue weighted by Crippen LogP contribution is 2.23. The van der Waals surface area contributed by atoms with Crippen LogP contribution in [0, 0.1) is 0 Å². The molecule has 0 radical (unpaired) electrons. The standard InChI is InChI=1S/C15H15N/c1-2-3-6-13-7-4-5-8-15(13)14-9-11-16-12-10-14/h3-12H,2H2,1H3. The third-order valence-electron chi connectivity index (χ3n) is 2.49. The van der Waals surface area contributed by atoms with Gasteiger partial charge in [-0.05, 0) is 35.2 Å². The summed E-state index contributed by atoms with van der Waals surface area (Å²) in [5.41, 5.74) is 3.73. The molecule has 1 aromatic heterocycles. The molecule has 80 valence electrons. The quantitative estimate of drug-likeness (QED) is 0.739. The number of pyridine rings is 1. The summed E-state index contributed by atoms with van der Waals surface area (Å²) in [7, 11) is 0. The van der Waals surface area contributed by atoms with Crippen LogP contribution in [0.3, 0.4) is 0 Å². The van der Waals surface area contributed by atoms with Crippen molar-refractivity contribution in [1.29, 1.82) is 0 Å². The third kappa shape index (κ3) is 2.37. The highest BCUT2D eigenvalue weighted by Gasteiger charge is 2.00. The minimum absolute atomic E-state index is 1.06. The summed E-state index contributed by atoms with van der Waals surface area (Å²) in [6.45, 7) is 2.14. The molecular weight excluding hydrogens is 194 g/mol. The zero-order chi connectivity index (χ0) is 11.2. The van der Waals surface area contributed by atoms with Crippen LogP contribution in [0.5, 0.6) is 0 Å². The molecule has 2 rings (SSSR count). The monoisotopic (exact) mass is 209 g/mol. The van der Waals surface area contributed by atoms with Crippen LogP contribution in [0.2, 0.25) is 0 Å². The molecule has 1 aromatic carbocycles. The largest absolute Gasteiger partial charge is 0.265 e. The minimum Gasteiger partial charge on any atom is -0.265 e. The molecule has 0 saturated heterocycles. The molecule has 1 heterocycles. The first-order valence-corrected chi connectivity index (χ1v) is 5.58. The molecule has 0 fully saturated rings. The summed E-state index contributed by atoms with van der Waals surface area (Å²) in [5.74, 6) is 0. The van der Waals surface area contributed by atoms with Gasteiger partial charge < -0.3 is 0 Å². The van der Waals surface area contributed by atoms with E-state index in [4.69, 9.17) is 0 Å². The lowest BCUT2D eigenvalue weighted by Crippen LogP contribution is -1.82. The van der Waals surface area contributed by atoms with E-state index in [1.165, 1.54) is 16.7 Å². The Hall–Kier alpha value is -1.89. The molecule has 16 heavy (non-hydrogen) atoms. The van der Waals surface area contributed by atoms with Crippen molar-refractivity contribution in [2.24, 2.45) is 0 Å². The van der Waals surface area contributed by atoms with E-state index >= 15 is 0 Å². The van der Waals surface area contributed by atoms with Crippen molar-refractivity contribution in [2.45, 2.75) is 13.3 Å². The van der Waals surface area contributed by atoms with E-state index in [1.807, 2.05) is 24.5 Å². The highest BCUT2D eigenvalue weighted by atomic mass is 14.6. The number of allylic oxidation sites excluding steroid dienone is 1. The molecule has 0 bridgehead atoms. The van der Waals surface area contributed by atoms with Gasteiger partial charge in [0.2, 0.25) is 0 Å². The van der Waals surface area contributed by atoms with E-state index in [0.29, 0.717) is 0 Å². The second kappa shape index (κ2) is 5.26. The van der Waals surface area contributed by atoms with Crippen LogP contribution in [-0.2, 0) is 0 Å². The first-order chi connectivity index (χ1) is 7.92. The lowest BCUT2D eigenvalue weighted by atomic mass is 10.0. The van der Waals surface area contributed by atoms with Crippen molar-refractivity contribution in [2.75, 3.05) is 0 Å². The summed E-state index contributed by atoms with van der Waals surface area (Å²) < 4.78 is 0. The van der Waals surface area contributed by atoms with Gasteiger partial charge in [0.05, 0.1) is 0 Å². The van der Waals surface area contributed by atoms with Crippen molar-refractivity contribution >= 4 is 6.08 Å². The van der Waals surface area contributed by atoms with Crippen molar-refractivity contribution in [1.82, 2.24) is 4.98 Å². The normalized spacial score (nSPS) is 10.8. The van der Waals surface area contributed by atoms with Gasteiger partial charge in [-0.1, -0.05) is 43.3 Å². The Morgan fingerprint density at radius 1 is 1.06 bits per heavy atom. The van der Waals surface area contributed by atoms with E-state index in [-0.39, 0.29) is 0 Å². The zero-order valence-electron chi connectivity index (χ0n) is 9.43. The Balaban J connectivity index is 2.45. The average molecular weight is 209 g/mol. The number of rotatable bonds is 3. The molecule has 0 aliphatic carbocycles. The van der Waals surface area contributed by atoms with Gasteiger partial charge in [0, 0.05) is 12.4 Å². The molecule has 0 atom stereocenters. The van der Waals surface area contributed by atoms with E-state index in [1.54, 1.807) is 0 Å². The molecular formula is C15H15N. The Morgan fingerprint density at radius 2 is 1.81 bits per heavy atom. The molecule has 0 aliphatic rings. The average Bonchev–Trinajstić information content (AvgIpc) is 2.38. The summed E-state index contributed by atoms with van der Waals surface area (Å²) in [6.07, 6.45) is 9.08. The first kappa shape index (κ1) is 10.6. The van der Waals surface area contributed by atoms with Crippen LogP contribution in [-0.4, -0.2) is 4.98 Å². The van der Waals surface area contributed by atoms with Crippen LogP contribution in [0.15, 0.2) is 54.9 Å². The Bertz CT molecular complexity index is 472. The smallest absolute Gasteiger partial charge is 0.0273 e. The Morgan fingerprint density at radius 3 is 2.56 bits per heavy atom. The zero-order valence-corrected chi connectivity index (χ0v) is 9.43. The van der Waals surface area contributed by atoms with Crippen molar-refractivity contribution in [3.8, 4) is 11.1 Å². The number of benzene rings is 1. The fourth-order valence-electron chi connectivity index (χ4n) is 1.68. The topological polar surface area (TPSA) is 12.9 Å². The van der Waals surface area contributed by atoms with E-state index in [9.17, 15) is 0 Å². The highest BCUT2D eigenvalue weighted by molar-refractivity contribution is 5.74. The summed E-state index contributed by atoms with van der Waals surface area (Å²) >= 11 is 0. The van der Waals surface area contributed by atoms with Gasteiger partial charge in [0.15, 0.2) is 0 Å². The summed E-state index contributed by atoms with van der Waals surface area (Å²) in [5, 5.41) is 0. The van der Waals surface area contributed by atoms with Gasteiger partial charge in [0.25, 0.3) is 0 Å². The fourth-order valence-corrected chi connectivity index (χ4v) is 1.68. The van der Waals surface area contributed by atoms with E-state index in [2.05, 4.69) is 48.3 Å². The third-order valence-corrected chi connectivity index (χ3v) is 2.49. The molecule has 1 nitrogen and oxygen atoms in total. The molecule has 0 spiro atoms. The molecule has 1 heteroatoms. The van der Waals surface area contributed by atoms with Gasteiger partial charge in [-0.2, -0.15) is 0 Å². The predicted octanol–water partition coefficient (Wildman–Crippen LogP) is 4.17. The van der Waals surface area contributed by atoms with Gasteiger partial charge >= 0.3 is 0 Å². The van der Waals surface area contributed by atoms with E-state index in [0.717, 1.165) is 6.42 Å². The predicted molar refractivity (Wildman–Crippen MR) is 69.0 cm³/mol. The summed E-state index contributed by atoms with van der Waals surface area (Å²) in [4.78, 5) is 4.04. The van der Waals surface area contributed by atoms with Gasteiger partial charge in [0.1, 0.15) is 0 Å². The Kier molecular flexibility index (Phi) is 3.50. The van der Waals surface area contributed by atoms with Crippen molar-refractivity contribution in [3.05, 3.63) is 60.4 Å². The summed E-state index contributed by atoms with van der Waals surface area (Å²) in [6, 6.07) is 12.5. The second-order valence-electron chi connectivity index (χ2n) is 3.63. The molecule has 0 saturated carbocycles. The van der Waals surface area contributed by atoms with Gasteiger partial charge in [-0.3, -0.25) is 4.98 Å². The molecule has 0 N–H and O–H groups in total. The van der Waals surface area contributed by atoms with Crippen LogP contribution < -0.4 is 0 Å². The minimum atomic E-state index is 1.06. The maximum Gasteiger partial charge on any atom is 0.0273 e. The van der Waals surface area contributed by atoms with Crippen LogP contribution in [0.25, 0.3) is 17.2 Å². The number of hydrogen-bond acceptors (Lipinski definition) is 1. The van der Waals surface area contributed by atoms with Crippen LogP contribution in [0.1, 0.15) is 18.9 Å². The van der Waals surface area contributed by atoms with Crippen molar-refractivity contribution in [3.63, 3.8) is 0 Å². The second-order valence-corrected chi connectivity index (χ2v) is 3.63. The lowest BCUT2D eigenvalue weighted by molar-refractivity contribution is 1.23. The van der Waals surface area contributed by atoms with Crippen LogP contribution >= 0.6 is 0 Å². The molecule has 2 aromatic rings. The maximum absolute atomic E-state index is 4.04. The molecule has 0 unspecified atom stereocenters. The molecule has 0 amide bonds. The van der Waals surface area contributed by atoms with Gasteiger partial charge in [-0.15, -0.1) is 0 Å². The van der Waals surface area contributed by atoms with Crippen LogP contribution in [0.4, 0.5) is 0 Å². The van der Waals surface area contributed by atoms with E-state index < -0.39 is 0 Å².